The maximum Gasteiger partial charge on any atom is 0.319 e. The lowest BCUT2D eigenvalue weighted by molar-refractivity contribution is -0.119. The van der Waals surface area contributed by atoms with Crippen molar-refractivity contribution in [2.24, 2.45) is 5.92 Å². The second kappa shape index (κ2) is 9.82. The van der Waals surface area contributed by atoms with Crippen LogP contribution in [0.3, 0.4) is 0 Å². The molecule has 1 spiro atoms. The van der Waals surface area contributed by atoms with Crippen molar-refractivity contribution in [2.45, 2.75) is 63.3 Å². The van der Waals surface area contributed by atoms with Crippen LogP contribution in [0.15, 0.2) is 24.3 Å². The van der Waals surface area contributed by atoms with Gasteiger partial charge in [-0.3, -0.25) is 4.79 Å². The molecule has 1 N–H and O–H groups in total. The molecule has 2 atom stereocenters. The maximum atomic E-state index is 12.3. The van der Waals surface area contributed by atoms with Gasteiger partial charge in [-0.05, 0) is 87.0 Å². The lowest BCUT2D eigenvalue weighted by atomic mass is 9.63. The van der Waals surface area contributed by atoms with Gasteiger partial charge in [0.15, 0.2) is 0 Å². The van der Waals surface area contributed by atoms with Crippen LogP contribution in [0.5, 0.6) is 0 Å². The smallest absolute Gasteiger partial charge is 0.319 e. The third-order valence-corrected chi connectivity index (χ3v) is 8.04. The number of piperidine rings is 2. The molecule has 0 bridgehead atoms. The number of carbonyl (C=O) groups is 2. The molecular weight excluding hydrogens is 400 g/mol. The fourth-order valence-corrected chi connectivity index (χ4v) is 6.24. The first-order valence-electron chi connectivity index (χ1n) is 12.4. The van der Waals surface area contributed by atoms with Crippen LogP contribution in [0.2, 0.25) is 0 Å². The molecule has 2 unspecified atom stereocenters. The van der Waals surface area contributed by atoms with Crippen LogP contribution in [0, 0.1) is 5.92 Å². The molecule has 3 amide bonds. The number of fused-ring (bicyclic) bond motifs is 2. The summed E-state index contributed by atoms with van der Waals surface area (Å²) in [6.45, 7) is 6.86. The van der Waals surface area contributed by atoms with Crippen molar-refractivity contribution in [2.75, 3.05) is 46.8 Å². The Balaban J connectivity index is 1.32. The van der Waals surface area contributed by atoms with E-state index in [2.05, 4.69) is 34.5 Å². The summed E-state index contributed by atoms with van der Waals surface area (Å²) in [5, 5.41) is 3.16. The van der Waals surface area contributed by atoms with E-state index in [0.29, 0.717) is 5.92 Å². The van der Waals surface area contributed by atoms with Crippen molar-refractivity contribution < 1.29 is 9.59 Å². The van der Waals surface area contributed by atoms with Gasteiger partial charge >= 0.3 is 6.03 Å². The minimum Gasteiger partial charge on any atom is -0.350 e. The number of benzene rings is 1. The summed E-state index contributed by atoms with van der Waals surface area (Å²) in [6.07, 6.45) is 8.15. The molecule has 0 aromatic heterocycles. The standard InChI is InChI=1S/C26H40N4O2/c1-20(31)27-24-10-12-26(23-9-5-4-8-22(23)24)13-17-29(18-14-26)16-11-21-7-6-15-30(19-21)25(32)28(2)3/h4-5,8-9,21,24H,6-7,10-19H2,1-3H3,(H,27,31). The van der Waals surface area contributed by atoms with Gasteiger partial charge in [-0.1, -0.05) is 24.3 Å². The third kappa shape index (κ3) is 4.95. The molecule has 4 rings (SSSR count). The number of nitrogens with zero attached hydrogens (tertiary/aromatic N) is 3. The van der Waals surface area contributed by atoms with Gasteiger partial charge in [0.05, 0.1) is 6.04 Å². The SMILES string of the molecule is CC(=O)NC1CCC2(CCN(CCC3CCCN(C(=O)N(C)C)C3)CC2)c2ccccc21. The predicted octanol–water partition coefficient (Wildman–Crippen LogP) is 3.77. The summed E-state index contributed by atoms with van der Waals surface area (Å²) in [6, 6.07) is 9.10. The first kappa shape index (κ1) is 23.1. The van der Waals surface area contributed by atoms with E-state index in [9.17, 15) is 9.59 Å². The van der Waals surface area contributed by atoms with Gasteiger partial charge in [0, 0.05) is 34.1 Å². The minimum atomic E-state index is 0.0594. The number of amides is 3. The van der Waals surface area contributed by atoms with Crippen molar-refractivity contribution in [3.63, 3.8) is 0 Å². The topological polar surface area (TPSA) is 55.9 Å². The summed E-state index contributed by atoms with van der Waals surface area (Å²) < 4.78 is 0. The fraction of sp³-hybridized carbons (Fsp3) is 0.692. The Morgan fingerprint density at radius 3 is 2.56 bits per heavy atom. The Morgan fingerprint density at radius 1 is 1.09 bits per heavy atom. The van der Waals surface area contributed by atoms with E-state index >= 15 is 0 Å². The van der Waals surface area contributed by atoms with Crippen LogP contribution in [-0.4, -0.2) is 73.5 Å². The van der Waals surface area contributed by atoms with Crippen molar-refractivity contribution in [1.82, 2.24) is 20.0 Å². The van der Waals surface area contributed by atoms with Gasteiger partial charge in [0.25, 0.3) is 0 Å². The summed E-state index contributed by atoms with van der Waals surface area (Å²) in [4.78, 5) is 30.4. The van der Waals surface area contributed by atoms with Crippen LogP contribution in [0.25, 0.3) is 0 Å². The molecule has 2 heterocycles. The van der Waals surface area contributed by atoms with E-state index in [1.165, 1.54) is 36.8 Å². The molecule has 32 heavy (non-hydrogen) atoms. The number of hydrogen-bond donors (Lipinski definition) is 1. The highest BCUT2D eigenvalue weighted by atomic mass is 16.2. The van der Waals surface area contributed by atoms with Gasteiger partial charge in [0.1, 0.15) is 0 Å². The molecule has 0 saturated carbocycles. The second-order valence-corrected chi connectivity index (χ2v) is 10.4. The van der Waals surface area contributed by atoms with Crippen molar-refractivity contribution in [1.29, 1.82) is 0 Å². The van der Waals surface area contributed by atoms with Crippen molar-refractivity contribution in [3.8, 4) is 0 Å². The first-order chi connectivity index (χ1) is 15.4. The molecule has 2 saturated heterocycles. The number of carbonyl (C=O) groups excluding carboxylic acids is 2. The monoisotopic (exact) mass is 440 g/mol. The molecule has 2 fully saturated rings. The van der Waals surface area contributed by atoms with E-state index in [4.69, 9.17) is 0 Å². The van der Waals surface area contributed by atoms with Crippen LogP contribution in [0.4, 0.5) is 4.79 Å². The average molecular weight is 441 g/mol. The van der Waals surface area contributed by atoms with Crippen LogP contribution >= 0.6 is 0 Å². The zero-order valence-electron chi connectivity index (χ0n) is 20.1. The van der Waals surface area contributed by atoms with Crippen LogP contribution < -0.4 is 5.32 Å². The molecule has 176 valence electrons. The number of urea groups is 1. The van der Waals surface area contributed by atoms with E-state index < -0.39 is 0 Å². The minimum absolute atomic E-state index is 0.0594. The van der Waals surface area contributed by atoms with Gasteiger partial charge in [-0.25, -0.2) is 4.79 Å². The van der Waals surface area contributed by atoms with E-state index in [1.807, 2.05) is 19.0 Å². The Labute approximate surface area is 193 Å². The molecule has 3 aliphatic rings. The molecule has 1 aromatic rings. The summed E-state index contributed by atoms with van der Waals surface area (Å²) >= 11 is 0. The number of hydrogen-bond acceptors (Lipinski definition) is 3. The van der Waals surface area contributed by atoms with Gasteiger partial charge < -0.3 is 20.0 Å². The summed E-state index contributed by atoms with van der Waals surface area (Å²) in [5.41, 5.74) is 3.06. The number of likely N-dealkylation sites (tertiary alicyclic amines) is 2. The second-order valence-electron chi connectivity index (χ2n) is 10.4. The number of nitrogens with one attached hydrogen (secondary N) is 1. The summed E-state index contributed by atoms with van der Waals surface area (Å²) in [7, 11) is 3.69. The van der Waals surface area contributed by atoms with E-state index in [1.54, 1.807) is 11.8 Å². The molecule has 6 nitrogen and oxygen atoms in total. The first-order valence-corrected chi connectivity index (χ1v) is 12.4. The normalized spacial score (nSPS) is 25.3. The van der Waals surface area contributed by atoms with Gasteiger partial charge in [-0.15, -0.1) is 0 Å². The quantitative estimate of drug-likeness (QED) is 0.775. The fourth-order valence-electron chi connectivity index (χ4n) is 6.24. The highest BCUT2D eigenvalue weighted by Gasteiger charge is 2.42. The van der Waals surface area contributed by atoms with E-state index in [0.717, 1.165) is 52.0 Å². The van der Waals surface area contributed by atoms with Crippen molar-refractivity contribution >= 4 is 11.9 Å². The molecule has 6 heteroatoms. The zero-order valence-corrected chi connectivity index (χ0v) is 20.1. The zero-order chi connectivity index (χ0) is 22.7. The Bertz CT molecular complexity index is 816. The molecule has 0 radical (unpaired) electrons. The lowest BCUT2D eigenvalue weighted by Gasteiger charge is -2.47. The Morgan fingerprint density at radius 2 is 1.84 bits per heavy atom. The molecule has 1 aliphatic carbocycles. The maximum absolute atomic E-state index is 12.3. The largest absolute Gasteiger partial charge is 0.350 e. The van der Waals surface area contributed by atoms with Crippen molar-refractivity contribution in [3.05, 3.63) is 35.4 Å². The highest BCUT2D eigenvalue weighted by Crippen LogP contribution is 2.47. The molecule has 1 aromatic carbocycles. The van der Waals surface area contributed by atoms with Gasteiger partial charge in [0.2, 0.25) is 5.91 Å². The molecular formula is C26H40N4O2. The Kier molecular flexibility index (Phi) is 7.08. The summed E-state index contributed by atoms with van der Waals surface area (Å²) in [5.74, 6) is 0.682. The van der Waals surface area contributed by atoms with Crippen LogP contribution in [-0.2, 0) is 10.2 Å². The third-order valence-electron chi connectivity index (χ3n) is 8.04. The predicted molar refractivity (Wildman–Crippen MR) is 128 cm³/mol. The Hall–Kier alpha value is -2.08. The highest BCUT2D eigenvalue weighted by molar-refractivity contribution is 5.74. The average Bonchev–Trinajstić information content (AvgIpc) is 2.80. The number of rotatable bonds is 4. The molecule has 2 aliphatic heterocycles. The lowest BCUT2D eigenvalue weighted by Crippen LogP contribution is -2.47. The van der Waals surface area contributed by atoms with Gasteiger partial charge in [-0.2, -0.15) is 0 Å². The van der Waals surface area contributed by atoms with Crippen LogP contribution in [0.1, 0.15) is 69.0 Å². The van der Waals surface area contributed by atoms with E-state index in [-0.39, 0.29) is 23.4 Å².